The van der Waals surface area contributed by atoms with Crippen molar-refractivity contribution in [3.63, 3.8) is 0 Å². The molecule has 0 saturated heterocycles. The first-order valence-electron chi connectivity index (χ1n) is 12.3. The fourth-order valence-electron chi connectivity index (χ4n) is 4.10. The second kappa shape index (κ2) is 12.5. The number of carboxylic acid groups (broad SMARTS) is 1. The van der Waals surface area contributed by atoms with E-state index in [0.29, 0.717) is 31.1 Å². The highest BCUT2D eigenvalue weighted by molar-refractivity contribution is 5.96. The number of carboxylic acids is 1. The summed E-state index contributed by atoms with van der Waals surface area (Å²) in [4.78, 5) is 43.9. The smallest absolute Gasteiger partial charge is 0.326 e. The van der Waals surface area contributed by atoms with Gasteiger partial charge in [-0.3, -0.25) is 9.59 Å². The number of anilines is 2. The molecule has 1 atom stereocenters. The van der Waals surface area contributed by atoms with Crippen LogP contribution in [0.3, 0.4) is 0 Å². The third kappa shape index (κ3) is 7.30. The summed E-state index contributed by atoms with van der Waals surface area (Å²) in [7, 11) is 0. The number of carbonyl (C=O) groups excluding carboxylic acids is 2. The van der Waals surface area contributed by atoms with E-state index < -0.39 is 23.8 Å². The third-order valence-electron chi connectivity index (χ3n) is 5.99. The Kier molecular flexibility index (Phi) is 8.70. The fraction of sp³-hybridized carbons (Fsp3) is 0.286. The number of aliphatic carboxylic acids is 1. The minimum atomic E-state index is -1.13. The summed E-state index contributed by atoms with van der Waals surface area (Å²) in [5, 5.41) is 15.4. The molecule has 9 nitrogen and oxygen atoms in total. The number of amides is 2. The number of hydrogen-bond acceptors (Lipinski definition) is 6. The van der Waals surface area contributed by atoms with E-state index >= 15 is 0 Å². The van der Waals surface area contributed by atoms with E-state index in [1.807, 2.05) is 54.6 Å². The van der Waals surface area contributed by atoms with Gasteiger partial charge in [0.25, 0.3) is 5.91 Å². The van der Waals surface area contributed by atoms with Gasteiger partial charge < -0.3 is 25.4 Å². The van der Waals surface area contributed by atoms with Gasteiger partial charge in [-0.2, -0.15) is 0 Å². The Morgan fingerprint density at radius 3 is 2.59 bits per heavy atom. The molecule has 9 heteroatoms. The van der Waals surface area contributed by atoms with Gasteiger partial charge in [-0.05, 0) is 49.1 Å². The zero-order valence-electron chi connectivity index (χ0n) is 20.4. The lowest BCUT2D eigenvalue weighted by atomic mass is 10.1. The van der Waals surface area contributed by atoms with Gasteiger partial charge in [0.05, 0.1) is 18.8 Å². The lowest BCUT2D eigenvalue weighted by Crippen LogP contribution is -2.48. The molecule has 4 rings (SSSR count). The van der Waals surface area contributed by atoms with E-state index in [-0.39, 0.29) is 18.7 Å². The fourth-order valence-corrected chi connectivity index (χ4v) is 4.10. The molecule has 37 heavy (non-hydrogen) atoms. The summed E-state index contributed by atoms with van der Waals surface area (Å²) in [5.41, 5.74) is 1.72. The molecule has 2 heterocycles. The molecule has 2 amide bonds. The van der Waals surface area contributed by atoms with E-state index in [1.165, 1.54) is 4.90 Å². The second-order valence-electron chi connectivity index (χ2n) is 8.81. The molecule has 0 aliphatic carbocycles. The van der Waals surface area contributed by atoms with Gasteiger partial charge in [0, 0.05) is 13.0 Å². The van der Waals surface area contributed by atoms with Crippen molar-refractivity contribution >= 4 is 29.3 Å². The predicted molar refractivity (Wildman–Crippen MR) is 139 cm³/mol. The zero-order chi connectivity index (χ0) is 26.0. The van der Waals surface area contributed by atoms with Crippen LogP contribution in [0, 0.1) is 0 Å². The molecule has 0 radical (unpaired) electrons. The third-order valence-corrected chi connectivity index (χ3v) is 5.99. The number of nitrogens with zero attached hydrogens (tertiary/aromatic N) is 2. The van der Waals surface area contributed by atoms with E-state index in [2.05, 4.69) is 15.6 Å². The van der Waals surface area contributed by atoms with Crippen LogP contribution >= 0.6 is 0 Å². The Hall–Kier alpha value is -4.40. The van der Waals surface area contributed by atoms with Crippen molar-refractivity contribution in [2.75, 3.05) is 25.0 Å². The van der Waals surface area contributed by atoms with Crippen LogP contribution in [0.4, 0.5) is 11.5 Å². The van der Waals surface area contributed by atoms with Gasteiger partial charge in [-0.1, -0.05) is 48.5 Å². The van der Waals surface area contributed by atoms with Crippen molar-refractivity contribution in [2.24, 2.45) is 0 Å². The van der Waals surface area contributed by atoms with E-state index in [0.717, 1.165) is 24.1 Å². The van der Waals surface area contributed by atoms with E-state index in [4.69, 9.17) is 4.74 Å². The average Bonchev–Trinajstić information content (AvgIpc) is 2.90. The molecule has 1 unspecified atom stereocenters. The van der Waals surface area contributed by atoms with E-state index in [9.17, 15) is 19.5 Å². The Morgan fingerprint density at radius 1 is 1.00 bits per heavy atom. The molecule has 0 fully saturated rings. The number of aromatic nitrogens is 1. The number of carbonyl (C=O) groups is 3. The number of ether oxygens (including phenoxy) is 1. The maximum absolute atomic E-state index is 13.4. The maximum Gasteiger partial charge on any atom is 0.326 e. The number of para-hydroxylation sites is 2. The average molecular weight is 503 g/mol. The molecule has 1 aromatic heterocycles. The van der Waals surface area contributed by atoms with Crippen LogP contribution in [-0.4, -0.2) is 58.5 Å². The molecular weight excluding hydrogens is 472 g/mol. The Balaban J connectivity index is 1.50. The lowest BCUT2D eigenvalue weighted by molar-refractivity contribution is -0.141. The molecule has 2 aromatic carbocycles. The molecule has 0 saturated carbocycles. The number of nitrogens with one attached hydrogen (secondary N) is 2. The molecule has 2 bridgehead atoms. The van der Waals surface area contributed by atoms with Gasteiger partial charge in [0.1, 0.15) is 23.3 Å². The summed E-state index contributed by atoms with van der Waals surface area (Å²) in [5.74, 6) is -0.887. The van der Waals surface area contributed by atoms with Crippen LogP contribution in [0.2, 0.25) is 0 Å². The lowest BCUT2D eigenvalue weighted by Gasteiger charge is -2.24. The Bertz CT molecular complexity index is 1230. The maximum atomic E-state index is 13.4. The Labute approximate surface area is 215 Å². The van der Waals surface area contributed by atoms with Crippen LogP contribution in [0.5, 0.6) is 5.75 Å². The van der Waals surface area contributed by atoms with Crippen LogP contribution in [0.25, 0.3) is 0 Å². The first kappa shape index (κ1) is 25.7. The molecule has 3 aromatic rings. The highest BCUT2D eigenvalue weighted by Gasteiger charge is 2.25. The molecule has 1 aliphatic heterocycles. The molecule has 192 valence electrons. The number of pyridine rings is 1. The van der Waals surface area contributed by atoms with Crippen molar-refractivity contribution in [1.82, 2.24) is 15.2 Å². The van der Waals surface area contributed by atoms with Crippen LogP contribution in [-0.2, 0) is 16.0 Å². The Morgan fingerprint density at radius 2 is 1.78 bits per heavy atom. The highest BCUT2D eigenvalue weighted by atomic mass is 16.5. The summed E-state index contributed by atoms with van der Waals surface area (Å²) in [6.45, 7) is 0.578. The van der Waals surface area contributed by atoms with Gasteiger partial charge in [0.15, 0.2) is 0 Å². The second-order valence-corrected chi connectivity index (χ2v) is 8.81. The standard InChI is InChI=1S/C28H30N4O5/c33-26(31-23(28(35)36)18-20-10-3-1-4-11-20)19-32-16-7-2-8-17-37-24-14-6-5-12-21(24)29-25-15-9-13-22(30-25)27(32)34/h1,3-6,9-15,23H,2,7-8,16-19H2,(H,29,30)(H,31,33)(H,35,36). The minimum Gasteiger partial charge on any atom is -0.491 e. The van der Waals surface area contributed by atoms with Crippen LogP contribution in [0.15, 0.2) is 72.8 Å². The monoisotopic (exact) mass is 502 g/mol. The quantitative estimate of drug-likeness (QED) is 0.471. The number of benzene rings is 2. The molecule has 3 N–H and O–H groups in total. The first-order chi connectivity index (χ1) is 18.0. The first-order valence-corrected chi connectivity index (χ1v) is 12.3. The number of rotatable bonds is 6. The summed E-state index contributed by atoms with van der Waals surface area (Å²) in [6, 6.07) is 20.6. The van der Waals surface area contributed by atoms with Crippen molar-refractivity contribution in [3.05, 3.63) is 84.1 Å². The van der Waals surface area contributed by atoms with Gasteiger partial charge in [0.2, 0.25) is 5.91 Å². The normalized spacial score (nSPS) is 14.8. The van der Waals surface area contributed by atoms with Gasteiger partial charge in [-0.15, -0.1) is 0 Å². The van der Waals surface area contributed by atoms with Crippen molar-refractivity contribution in [3.8, 4) is 5.75 Å². The van der Waals surface area contributed by atoms with Gasteiger partial charge >= 0.3 is 5.97 Å². The molecular formula is C28H30N4O5. The largest absolute Gasteiger partial charge is 0.491 e. The van der Waals surface area contributed by atoms with Crippen molar-refractivity contribution < 1.29 is 24.2 Å². The summed E-state index contributed by atoms with van der Waals surface area (Å²) in [6.07, 6.45) is 2.38. The number of hydrogen-bond donors (Lipinski definition) is 3. The van der Waals surface area contributed by atoms with Crippen molar-refractivity contribution in [1.29, 1.82) is 0 Å². The predicted octanol–water partition coefficient (Wildman–Crippen LogP) is 3.64. The topological polar surface area (TPSA) is 121 Å². The van der Waals surface area contributed by atoms with Crippen LogP contribution < -0.4 is 15.4 Å². The summed E-state index contributed by atoms with van der Waals surface area (Å²) < 4.78 is 5.94. The number of fused-ring (bicyclic) bond motifs is 3. The van der Waals surface area contributed by atoms with E-state index in [1.54, 1.807) is 18.2 Å². The van der Waals surface area contributed by atoms with Gasteiger partial charge in [-0.25, -0.2) is 9.78 Å². The van der Waals surface area contributed by atoms with Crippen LogP contribution in [0.1, 0.15) is 35.3 Å². The zero-order valence-corrected chi connectivity index (χ0v) is 20.4. The SMILES string of the molecule is O=C(CN1CCCCCOc2ccccc2Nc2cccc(n2)C1=O)NC(Cc1ccccc1)C(=O)O. The van der Waals surface area contributed by atoms with Crippen molar-refractivity contribution in [2.45, 2.75) is 31.7 Å². The molecule has 0 spiro atoms. The summed E-state index contributed by atoms with van der Waals surface area (Å²) >= 11 is 0. The molecule has 1 aliphatic rings. The minimum absolute atomic E-state index is 0.145. The highest BCUT2D eigenvalue weighted by Crippen LogP contribution is 2.27.